The summed E-state index contributed by atoms with van der Waals surface area (Å²) in [4.78, 5) is 0. The Morgan fingerprint density at radius 2 is 2.10 bits per heavy atom. The molecular weight excluding hydrogens is 307 g/mol. The Balaban J connectivity index is 2.19. The van der Waals surface area contributed by atoms with Crippen LogP contribution in [0.4, 0.5) is 18.9 Å². The Bertz CT molecular complexity index is 608. The average molecular weight is 323 g/mol. The van der Waals surface area contributed by atoms with Crippen molar-refractivity contribution in [2.24, 2.45) is 0 Å². The molecule has 4 nitrogen and oxygen atoms in total. The number of rotatable bonds is 4. The van der Waals surface area contributed by atoms with Crippen LogP contribution in [-0.4, -0.2) is 26.9 Å². The van der Waals surface area contributed by atoms with Gasteiger partial charge in [0, 0.05) is 6.61 Å². The fourth-order valence-corrected chi connectivity index (χ4v) is 3.67. The third-order valence-corrected chi connectivity index (χ3v) is 4.68. The summed E-state index contributed by atoms with van der Waals surface area (Å²) in [6.07, 6.45) is -3.47. The zero-order chi connectivity index (χ0) is 15.7. The molecule has 1 aliphatic rings. The van der Waals surface area contributed by atoms with E-state index in [0.29, 0.717) is 13.0 Å². The second-order valence-corrected chi connectivity index (χ2v) is 6.76. The van der Waals surface area contributed by atoms with Crippen molar-refractivity contribution < 1.29 is 26.3 Å². The molecule has 1 aromatic carbocycles. The molecule has 0 bridgehead atoms. The van der Waals surface area contributed by atoms with E-state index in [4.69, 9.17) is 4.74 Å². The van der Waals surface area contributed by atoms with E-state index >= 15 is 0 Å². The molecule has 8 heteroatoms. The maximum atomic E-state index is 12.8. The van der Waals surface area contributed by atoms with Crippen molar-refractivity contribution in [1.82, 2.24) is 0 Å². The highest BCUT2D eigenvalue weighted by atomic mass is 32.2. The van der Waals surface area contributed by atoms with Gasteiger partial charge in [0.1, 0.15) is 0 Å². The van der Waals surface area contributed by atoms with Gasteiger partial charge in [-0.05, 0) is 37.5 Å². The minimum atomic E-state index is -4.51. The summed E-state index contributed by atoms with van der Waals surface area (Å²) in [5, 5.41) is 0. The van der Waals surface area contributed by atoms with Crippen molar-refractivity contribution >= 4 is 15.7 Å². The zero-order valence-electron chi connectivity index (χ0n) is 11.4. The van der Waals surface area contributed by atoms with Gasteiger partial charge >= 0.3 is 6.18 Å². The van der Waals surface area contributed by atoms with Crippen molar-refractivity contribution in [2.45, 2.75) is 32.0 Å². The molecule has 2 rings (SSSR count). The Hall–Kier alpha value is -1.28. The molecular formula is C13H16F3NO3S. The van der Waals surface area contributed by atoms with Gasteiger partial charge < -0.3 is 4.74 Å². The highest BCUT2D eigenvalue weighted by Gasteiger charge is 2.33. The van der Waals surface area contributed by atoms with Gasteiger partial charge in [-0.3, -0.25) is 4.72 Å². The number of anilines is 1. The van der Waals surface area contributed by atoms with Crippen LogP contribution in [0.3, 0.4) is 0 Å². The van der Waals surface area contributed by atoms with Crippen molar-refractivity contribution in [3.63, 3.8) is 0 Å². The highest BCUT2D eigenvalue weighted by molar-refractivity contribution is 7.92. The second-order valence-electron chi connectivity index (χ2n) is 4.99. The number of halogens is 3. The smallest absolute Gasteiger partial charge is 0.377 e. The molecule has 1 N–H and O–H groups in total. The van der Waals surface area contributed by atoms with Gasteiger partial charge in [-0.2, -0.15) is 13.2 Å². The normalized spacial score (nSPS) is 19.7. The topological polar surface area (TPSA) is 55.4 Å². The molecule has 1 heterocycles. The first-order valence-electron chi connectivity index (χ1n) is 6.48. The Kier molecular flexibility index (Phi) is 4.48. The fourth-order valence-electron chi connectivity index (χ4n) is 2.28. The van der Waals surface area contributed by atoms with Crippen LogP contribution in [0.25, 0.3) is 0 Å². The zero-order valence-corrected chi connectivity index (χ0v) is 12.2. The summed E-state index contributed by atoms with van der Waals surface area (Å²) in [5.74, 6) is -0.247. The van der Waals surface area contributed by atoms with E-state index < -0.39 is 27.9 Å². The fraction of sp³-hybridized carbons (Fsp3) is 0.538. The number of hydrogen-bond donors (Lipinski definition) is 1. The Morgan fingerprint density at radius 1 is 1.38 bits per heavy atom. The molecule has 0 radical (unpaired) electrons. The summed E-state index contributed by atoms with van der Waals surface area (Å²) >= 11 is 0. The molecule has 1 unspecified atom stereocenters. The van der Waals surface area contributed by atoms with Crippen molar-refractivity contribution in [1.29, 1.82) is 0 Å². The lowest BCUT2D eigenvalue weighted by atomic mass is 10.1. The molecule has 1 saturated heterocycles. The van der Waals surface area contributed by atoms with Crippen molar-refractivity contribution in [3.05, 3.63) is 29.3 Å². The van der Waals surface area contributed by atoms with Crippen molar-refractivity contribution in [2.75, 3.05) is 17.1 Å². The number of ether oxygens (including phenoxy) is 1. The second kappa shape index (κ2) is 5.84. The molecule has 1 aliphatic heterocycles. The molecule has 1 atom stereocenters. The molecule has 1 aromatic rings. The van der Waals surface area contributed by atoms with Crippen LogP contribution in [-0.2, 0) is 20.9 Å². The minimum Gasteiger partial charge on any atom is -0.377 e. The van der Waals surface area contributed by atoms with Gasteiger partial charge in [-0.25, -0.2) is 8.42 Å². The summed E-state index contributed by atoms with van der Waals surface area (Å²) < 4.78 is 69.8. The largest absolute Gasteiger partial charge is 0.416 e. The van der Waals surface area contributed by atoms with E-state index in [-0.39, 0.29) is 17.0 Å². The molecule has 0 amide bonds. The highest BCUT2D eigenvalue weighted by Crippen LogP contribution is 2.34. The predicted molar refractivity (Wildman–Crippen MR) is 72.6 cm³/mol. The first-order valence-corrected chi connectivity index (χ1v) is 8.13. The van der Waals surface area contributed by atoms with Gasteiger partial charge in [0.05, 0.1) is 23.1 Å². The van der Waals surface area contributed by atoms with E-state index in [1.165, 1.54) is 19.1 Å². The Labute approximate surface area is 121 Å². The summed E-state index contributed by atoms with van der Waals surface area (Å²) in [6, 6.07) is 3.42. The van der Waals surface area contributed by atoms with Crippen LogP contribution in [0.15, 0.2) is 18.2 Å². The third-order valence-electron chi connectivity index (χ3n) is 3.33. The molecule has 0 aromatic heterocycles. The minimum absolute atomic E-state index is 0.0529. The molecule has 21 heavy (non-hydrogen) atoms. The van der Waals surface area contributed by atoms with E-state index in [9.17, 15) is 21.6 Å². The number of sulfonamides is 1. The standard InChI is InChI=1S/C13H16F3NO3S/c1-9-11(13(14,15)16)5-2-6-12(9)17-21(18,19)8-10-4-3-7-20-10/h2,5-6,10,17H,3-4,7-8H2,1H3. The first kappa shape index (κ1) is 16.1. The summed E-state index contributed by atoms with van der Waals surface area (Å²) in [7, 11) is -3.75. The van der Waals surface area contributed by atoms with Crippen LogP contribution in [0.5, 0.6) is 0 Å². The third kappa shape index (κ3) is 4.10. The van der Waals surface area contributed by atoms with Crippen LogP contribution >= 0.6 is 0 Å². The first-order chi connectivity index (χ1) is 9.69. The van der Waals surface area contributed by atoms with Crippen molar-refractivity contribution in [3.8, 4) is 0 Å². The van der Waals surface area contributed by atoms with Gasteiger partial charge in [-0.1, -0.05) is 6.07 Å². The molecule has 1 fully saturated rings. The van der Waals surface area contributed by atoms with E-state index in [1.807, 2.05) is 0 Å². The van der Waals surface area contributed by atoms with E-state index in [2.05, 4.69) is 4.72 Å². The maximum absolute atomic E-state index is 12.8. The number of nitrogens with one attached hydrogen (secondary N) is 1. The maximum Gasteiger partial charge on any atom is 0.416 e. The molecule has 118 valence electrons. The van der Waals surface area contributed by atoms with Gasteiger partial charge in [0.2, 0.25) is 10.0 Å². The molecule has 0 saturated carbocycles. The average Bonchev–Trinajstić information content (AvgIpc) is 2.82. The SMILES string of the molecule is Cc1c(NS(=O)(=O)CC2CCCO2)cccc1C(F)(F)F. The van der Waals surface area contributed by atoms with Gasteiger partial charge in [0.25, 0.3) is 0 Å². The number of hydrogen-bond acceptors (Lipinski definition) is 3. The quantitative estimate of drug-likeness (QED) is 0.927. The monoisotopic (exact) mass is 323 g/mol. The molecule has 0 aliphatic carbocycles. The van der Waals surface area contributed by atoms with Gasteiger partial charge in [0.15, 0.2) is 0 Å². The molecule has 0 spiro atoms. The van der Waals surface area contributed by atoms with Crippen LogP contribution in [0.2, 0.25) is 0 Å². The lowest BCUT2D eigenvalue weighted by molar-refractivity contribution is -0.138. The van der Waals surface area contributed by atoms with Crippen LogP contribution in [0, 0.1) is 6.92 Å². The van der Waals surface area contributed by atoms with Crippen LogP contribution in [0.1, 0.15) is 24.0 Å². The lowest BCUT2D eigenvalue weighted by Gasteiger charge is -2.16. The van der Waals surface area contributed by atoms with E-state index in [1.54, 1.807) is 0 Å². The van der Waals surface area contributed by atoms with E-state index in [0.717, 1.165) is 12.5 Å². The summed E-state index contributed by atoms with van der Waals surface area (Å²) in [6.45, 7) is 1.76. The predicted octanol–water partition coefficient (Wildman–Crippen LogP) is 2.93. The number of alkyl halides is 3. The van der Waals surface area contributed by atoms with Crippen LogP contribution < -0.4 is 4.72 Å². The number of benzene rings is 1. The Morgan fingerprint density at radius 3 is 2.67 bits per heavy atom. The van der Waals surface area contributed by atoms with Gasteiger partial charge in [-0.15, -0.1) is 0 Å². The lowest BCUT2D eigenvalue weighted by Crippen LogP contribution is -2.26. The summed E-state index contributed by atoms with van der Waals surface area (Å²) in [5.41, 5.74) is -1.04.